The topological polar surface area (TPSA) is 36.9 Å². The van der Waals surface area contributed by atoms with Crippen LogP contribution in [-0.2, 0) is 0 Å². The van der Waals surface area contributed by atoms with E-state index < -0.39 is 11.7 Å². The van der Waals surface area contributed by atoms with Crippen molar-refractivity contribution in [3.63, 3.8) is 0 Å². The minimum Gasteiger partial charge on any atom is -0.472 e. The number of hydrogen-bond donors (Lipinski definition) is 0. The molecule has 0 bridgehead atoms. The van der Waals surface area contributed by atoms with Gasteiger partial charge in [0.05, 0.1) is 30.6 Å². The van der Waals surface area contributed by atoms with Crippen LogP contribution >= 0.6 is 0 Å². The van der Waals surface area contributed by atoms with Crippen molar-refractivity contribution < 1.29 is 17.6 Å². The maximum atomic E-state index is 12.7. The Morgan fingerprint density at radius 3 is 2.21 bits per heavy atom. The van der Waals surface area contributed by atoms with Crippen molar-refractivity contribution in [3.05, 3.63) is 65.7 Å². The Hall–Kier alpha value is -2.48. The fraction of sp³-hybridized carbons (Fsp3) is 0.316. The van der Waals surface area contributed by atoms with E-state index in [1.807, 2.05) is 19.9 Å². The molecule has 2 nitrogen and oxygen atoms in total. The van der Waals surface area contributed by atoms with Gasteiger partial charge in [0, 0.05) is 5.56 Å². The van der Waals surface area contributed by atoms with Crippen LogP contribution in [0.2, 0.25) is 0 Å². The average molecular weight is 337 g/mol. The summed E-state index contributed by atoms with van der Waals surface area (Å²) >= 11 is 0. The summed E-state index contributed by atoms with van der Waals surface area (Å²) in [7, 11) is 0. The number of nitrogens with zero attached hydrogens (tertiary/aromatic N) is 1. The molecule has 0 amide bonds. The molecule has 0 aliphatic carbocycles. The van der Waals surface area contributed by atoms with E-state index in [-0.39, 0.29) is 5.57 Å². The molecule has 0 aliphatic rings. The van der Waals surface area contributed by atoms with Crippen molar-refractivity contribution in [2.45, 2.75) is 40.3 Å². The maximum absolute atomic E-state index is 12.7. The zero-order valence-electron chi connectivity index (χ0n) is 14.4. The summed E-state index contributed by atoms with van der Waals surface area (Å²) in [6, 6.07) is 3.66. The van der Waals surface area contributed by atoms with Crippen LogP contribution in [0.25, 0.3) is 5.57 Å². The van der Waals surface area contributed by atoms with Gasteiger partial charge in [0.15, 0.2) is 0 Å². The molecule has 24 heavy (non-hydrogen) atoms. The normalized spacial score (nSPS) is 13.0. The van der Waals surface area contributed by atoms with E-state index in [9.17, 15) is 13.2 Å². The number of halogens is 3. The summed E-state index contributed by atoms with van der Waals surface area (Å²) in [6.45, 7) is 10.2. The molecule has 0 saturated heterocycles. The van der Waals surface area contributed by atoms with Crippen LogP contribution in [0.4, 0.5) is 13.2 Å². The van der Waals surface area contributed by atoms with Crippen LogP contribution in [0.3, 0.4) is 0 Å². The van der Waals surface area contributed by atoms with Gasteiger partial charge in [0.1, 0.15) is 0 Å². The van der Waals surface area contributed by atoms with E-state index in [1.54, 1.807) is 19.1 Å². The standard InChI is InChI=1S/C13H13F3O.C6H9N/c1-4-10(11-5-6-17-8-11)7-12(9(2)3)13(14,15)16;1-3-6(2)4-5-7/h4-8H,2H2,1,3H3;3H,4H2,1-2H3/b10-4+,12-7+;6-3+. The molecule has 0 atom stereocenters. The van der Waals surface area contributed by atoms with Gasteiger partial charge in [-0.15, -0.1) is 0 Å². The first kappa shape index (κ1) is 21.5. The Labute approximate surface area is 141 Å². The van der Waals surface area contributed by atoms with Crippen LogP contribution in [0.5, 0.6) is 0 Å². The highest BCUT2D eigenvalue weighted by molar-refractivity contribution is 5.75. The molecular formula is C19H22F3NO. The van der Waals surface area contributed by atoms with E-state index >= 15 is 0 Å². The Morgan fingerprint density at radius 1 is 1.29 bits per heavy atom. The summed E-state index contributed by atoms with van der Waals surface area (Å²) in [5.74, 6) is 0. The van der Waals surface area contributed by atoms with Gasteiger partial charge in [-0.3, -0.25) is 0 Å². The Bertz CT molecular complexity index is 654. The fourth-order valence-electron chi connectivity index (χ4n) is 1.59. The SMILES string of the molecule is C/C=C(\C)CC#N.C=C(C)/C(=C\C(=C/C)c1ccoc1)C(F)(F)F. The van der Waals surface area contributed by atoms with E-state index in [0.717, 1.165) is 11.6 Å². The zero-order valence-corrected chi connectivity index (χ0v) is 14.4. The zero-order chi connectivity index (χ0) is 18.8. The van der Waals surface area contributed by atoms with Crippen LogP contribution in [-0.4, -0.2) is 6.18 Å². The lowest BCUT2D eigenvalue weighted by Gasteiger charge is -2.12. The van der Waals surface area contributed by atoms with Gasteiger partial charge in [0.25, 0.3) is 0 Å². The van der Waals surface area contributed by atoms with Crippen LogP contribution in [0.15, 0.2) is 64.5 Å². The van der Waals surface area contributed by atoms with Gasteiger partial charge in [-0.05, 0) is 51.0 Å². The summed E-state index contributed by atoms with van der Waals surface area (Å²) < 4.78 is 43.0. The van der Waals surface area contributed by atoms with Crippen molar-refractivity contribution in [1.82, 2.24) is 0 Å². The third-order valence-electron chi connectivity index (χ3n) is 3.08. The van der Waals surface area contributed by atoms with E-state index in [0.29, 0.717) is 17.6 Å². The average Bonchev–Trinajstić information content (AvgIpc) is 3.01. The molecule has 1 rings (SSSR count). The molecule has 0 saturated carbocycles. The molecule has 1 aromatic heterocycles. The molecule has 1 aromatic rings. The van der Waals surface area contributed by atoms with Crippen LogP contribution in [0, 0.1) is 11.3 Å². The lowest BCUT2D eigenvalue weighted by molar-refractivity contribution is -0.0891. The van der Waals surface area contributed by atoms with E-state index in [4.69, 9.17) is 9.68 Å². The monoisotopic (exact) mass is 337 g/mol. The lowest BCUT2D eigenvalue weighted by Crippen LogP contribution is -2.12. The molecule has 0 fully saturated rings. The van der Waals surface area contributed by atoms with Crippen molar-refractivity contribution >= 4 is 5.57 Å². The van der Waals surface area contributed by atoms with Gasteiger partial charge < -0.3 is 4.42 Å². The minimum atomic E-state index is -4.40. The lowest BCUT2D eigenvalue weighted by atomic mass is 10.0. The predicted octanol–water partition coefficient (Wildman–Crippen LogP) is 6.61. The number of hydrogen-bond acceptors (Lipinski definition) is 2. The Kier molecular flexibility index (Phi) is 9.26. The molecule has 0 spiro atoms. The smallest absolute Gasteiger partial charge is 0.416 e. The van der Waals surface area contributed by atoms with Gasteiger partial charge in [-0.2, -0.15) is 18.4 Å². The van der Waals surface area contributed by atoms with Crippen molar-refractivity contribution in [3.8, 4) is 6.07 Å². The maximum Gasteiger partial charge on any atom is 0.416 e. The second-order valence-corrected chi connectivity index (χ2v) is 5.06. The highest BCUT2D eigenvalue weighted by atomic mass is 19.4. The van der Waals surface area contributed by atoms with Gasteiger partial charge in [-0.1, -0.05) is 24.3 Å². The first-order valence-corrected chi connectivity index (χ1v) is 7.29. The largest absolute Gasteiger partial charge is 0.472 e. The van der Waals surface area contributed by atoms with Crippen molar-refractivity contribution in [2.24, 2.45) is 0 Å². The third-order valence-corrected chi connectivity index (χ3v) is 3.08. The van der Waals surface area contributed by atoms with Gasteiger partial charge in [-0.25, -0.2) is 0 Å². The molecule has 0 N–H and O–H groups in total. The van der Waals surface area contributed by atoms with Gasteiger partial charge in [0.2, 0.25) is 0 Å². The quantitative estimate of drug-likeness (QED) is 0.457. The second kappa shape index (κ2) is 10.3. The molecule has 0 unspecified atom stereocenters. The van der Waals surface area contributed by atoms with Crippen LogP contribution in [0.1, 0.15) is 39.7 Å². The highest BCUT2D eigenvalue weighted by Crippen LogP contribution is 2.33. The third kappa shape index (κ3) is 7.68. The van der Waals surface area contributed by atoms with E-state index in [1.165, 1.54) is 19.5 Å². The predicted molar refractivity (Wildman–Crippen MR) is 91.0 cm³/mol. The molecule has 1 heterocycles. The summed E-state index contributed by atoms with van der Waals surface area (Å²) in [5.41, 5.74) is 1.46. The fourth-order valence-corrected chi connectivity index (χ4v) is 1.59. The minimum absolute atomic E-state index is 0.0136. The van der Waals surface area contributed by atoms with Crippen LogP contribution < -0.4 is 0 Å². The number of allylic oxidation sites excluding steroid dienone is 7. The molecule has 0 aliphatic heterocycles. The number of furan rings is 1. The van der Waals surface area contributed by atoms with Crippen molar-refractivity contribution in [1.29, 1.82) is 5.26 Å². The summed E-state index contributed by atoms with van der Waals surface area (Å²) in [4.78, 5) is 0. The molecule has 0 radical (unpaired) electrons. The molecular weight excluding hydrogens is 315 g/mol. The Morgan fingerprint density at radius 2 is 1.92 bits per heavy atom. The number of rotatable bonds is 4. The van der Waals surface area contributed by atoms with Crippen molar-refractivity contribution in [2.75, 3.05) is 0 Å². The first-order valence-electron chi connectivity index (χ1n) is 7.29. The molecule has 0 aromatic carbocycles. The molecule has 130 valence electrons. The van der Waals surface area contributed by atoms with Gasteiger partial charge >= 0.3 is 6.18 Å². The highest BCUT2D eigenvalue weighted by Gasteiger charge is 2.34. The van der Waals surface area contributed by atoms with E-state index in [2.05, 4.69) is 12.6 Å². The summed E-state index contributed by atoms with van der Waals surface area (Å²) in [6.07, 6.45) is 3.61. The second-order valence-electron chi connectivity index (χ2n) is 5.06. The molecule has 5 heteroatoms. The number of alkyl halides is 3. The Balaban J connectivity index is 0.000000640. The number of nitriles is 1. The summed E-state index contributed by atoms with van der Waals surface area (Å²) in [5, 5.41) is 8.08. The first-order chi connectivity index (χ1) is 11.2.